The third-order valence-electron chi connectivity index (χ3n) is 6.37. The van der Waals surface area contributed by atoms with Crippen LogP contribution in [-0.4, -0.2) is 75.4 Å². The molecule has 0 aromatic rings. The lowest BCUT2D eigenvalue weighted by Gasteiger charge is -2.26. The van der Waals surface area contributed by atoms with Crippen molar-refractivity contribution in [3.8, 4) is 0 Å². The van der Waals surface area contributed by atoms with Crippen molar-refractivity contribution in [2.75, 3.05) is 40.3 Å². The molecule has 8 heteroatoms. The number of ether oxygens (including phenoxy) is 1. The third-order valence-corrected chi connectivity index (χ3v) is 6.37. The van der Waals surface area contributed by atoms with Gasteiger partial charge in [-0.05, 0) is 76.0 Å². The fourth-order valence-electron chi connectivity index (χ4n) is 4.26. The first-order chi connectivity index (χ1) is 16.4. The number of amides is 2. The predicted molar refractivity (Wildman–Crippen MR) is 134 cm³/mol. The number of hydrogen-bond donors (Lipinski definition) is 3. The molecule has 8 nitrogen and oxygen atoms in total. The Balaban J connectivity index is 2.03. The van der Waals surface area contributed by atoms with Crippen LogP contribution in [0.1, 0.15) is 51.9 Å². The summed E-state index contributed by atoms with van der Waals surface area (Å²) in [5, 5.41) is 9.21. The van der Waals surface area contributed by atoms with E-state index >= 15 is 0 Å². The van der Waals surface area contributed by atoms with Crippen LogP contribution in [-0.2, 0) is 19.1 Å². The van der Waals surface area contributed by atoms with Crippen LogP contribution >= 0.6 is 0 Å². The fourth-order valence-corrected chi connectivity index (χ4v) is 4.26. The van der Waals surface area contributed by atoms with Crippen LogP contribution in [0.25, 0.3) is 0 Å². The van der Waals surface area contributed by atoms with Crippen molar-refractivity contribution in [2.24, 2.45) is 5.92 Å². The van der Waals surface area contributed by atoms with E-state index in [1.807, 2.05) is 13.0 Å². The van der Waals surface area contributed by atoms with Gasteiger partial charge in [-0.15, -0.1) is 0 Å². The first-order valence-electron chi connectivity index (χ1n) is 12.5. The quantitative estimate of drug-likeness (QED) is 0.263. The largest absolute Gasteiger partial charge is 0.489 e. The van der Waals surface area contributed by atoms with Crippen LogP contribution in [0.2, 0.25) is 0 Å². The Morgan fingerprint density at radius 3 is 2.68 bits per heavy atom. The predicted octanol–water partition coefficient (Wildman–Crippen LogP) is 2.08. The maximum Gasteiger partial charge on any atom is 0.240 e. The Kier molecular flexibility index (Phi) is 12.0. The van der Waals surface area contributed by atoms with E-state index in [9.17, 15) is 14.4 Å². The van der Waals surface area contributed by atoms with E-state index in [4.69, 9.17) is 4.74 Å². The number of carbonyl (C=O) groups is 3. The zero-order valence-electron chi connectivity index (χ0n) is 21.0. The molecule has 1 aliphatic heterocycles. The summed E-state index contributed by atoms with van der Waals surface area (Å²) in [6, 6.07) is -0.273. The highest BCUT2D eigenvalue weighted by Gasteiger charge is 2.38. The Morgan fingerprint density at radius 2 is 2.06 bits per heavy atom. The van der Waals surface area contributed by atoms with Gasteiger partial charge in [-0.2, -0.15) is 0 Å². The molecule has 2 aliphatic rings. The maximum atomic E-state index is 12.8. The molecular weight excluding hydrogens is 432 g/mol. The SMILES string of the molecule is C=C/C(CCCNC(=O)CNC)=C1/OC(CNC(C(=O)N(C)CC=O)C2CC2)CCC/C1=C/C. The Morgan fingerprint density at radius 1 is 1.29 bits per heavy atom. The van der Waals surface area contributed by atoms with Crippen molar-refractivity contribution in [3.05, 3.63) is 35.6 Å². The Labute approximate surface area is 204 Å². The summed E-state index contributed by atoms with van der Waals surface area (Å²) in [6.45, 7) is 7.64. The Hall–Kier alpha value is -2.45. The van der Waals surface area contributed by atoms with E-state index in [2.05, 4.69) is 28.6 Å². The molecule has 2 atom stereocenters. The first-order valence-corrected chi connectivity index (χ1v) is 12.5. The smallest absolute Gasteiger partial charge is 0.240 e. The van der Waals surface area contributed by atoms with E-state index < -0.39 is 0 Å². The summed E-state index contributed by atoms with van der Waals surface area (Å²) in [5.41, 5.74) is 2.22. The minimum Gasteiger partial charge on any atom is -0.489 e. The number of likely N-dealkylation sites (N-methyl/N-ethyl adjacent to an activating group) is 2. The minimum absolute atomic E-state index is 0.0140. The first kappa shape index (κ1) is 27.8. The molecule has 1 aliphatic carbocycles. The molecule has 1 heterocycles. The third kappa shape index (κ3) is 8.72. The normalized spacial score (nSPS) is 21.7. The van der Waals surface area contributed by atoms with E-state index in [1.54, 1.807) is 14.1 Å². The van der Waals surface area contributed by atoms with Gasteiger partial charge in [0.2, 0.25) is 11.8 Å². The standard InChI is InChI=1S/C26H42N4O4/c1-5-19-9-7-11-22(17-29-24(21-12-13-21)26(33)30(4)15-16-31)34-25(19)20(6-2)10-8-14-28-23(32)18-27-3/h5-6,16,21-22,24,27,29H,2,7-15,17-18H2,1,3-4H3,(H,28,32)/b19-5-,25-20-. The monoisotopic (exact) mass is 474 g/mol. The van der Waals surface area contributed by atoms with Crippen LogP contribution in [0.4, 0.5) is 0 Å². The average Bonchev–Trinajstić information content (AvgIpc) is 3.67. The molecule has 2 rings (SSSR count). The van der Waals surface area contributed by atoms with Crippen LogP contribution in [0.5, 0.6) is 0 Å². The summed E-state index contributed by atoms with van der Waals surface area (Å²) >= 11 is 0. The van der Waals surface area contributed by atoms with Crippen LogP contribution in [0, 0.1) is 5.92 Å². The van der Waals surface area contributed by atoms with Gasteiger partial charge >= 0.3 is 0 Å². The molecule has 190 valence electrons. The molecule has 0 radical (unpaired) electrons. The highest BCUT2D eigenvalue weighted by atomic mass is 16.5. The lowest BCUT2D eigenvalue weighted by Crippen LogP contribution is -2.49. The van der Waals surface area contributed by atoms with Gasteiger partial charge in [0.25, 0.3) is 0 Å². The molecule has 2 unspecified atom stereocenters. The molecule has 2 fully saturated rings. The second kappa shape index (κ2) is 14.7. The van der Waals surface area contributed by atoms with Crippen molar-refractivity contribution in [1.29, 1.82) is 0 Å². The number of aldehydes is 1. The molecule has 3 N–H and O–H groups in total. The lowest BCUT2D eigenvalue weighted by atomic mass is 10.0. The van der Waals surface area contributed by atoms with Crippen LogP contribution in [0.15, 0.2) is 35.6 Å². The van der Waals surface area contributed by atoms with Gasteiger partial charge in [0.15, 0.2) is 0 Å². The van der Waals surface area contributed by atoms with E-state index in [-0.39, 0.29) is 30.5 Å². The zero-order chi connectivity index (χ0) is 24.9. The van der Waals surface area contributed by atoms with Crippen LogP contribution < -0.4 is 16.0 Å². The number of hydrogen-bond acceptors (Lipinski definition) is 6. The van der Waals surface area contributed by atoms with E-state index in [0.717, 1.165) is 62.6 Å². The van der Waals surface area contributed by atoms with Gasteiger partial charge in [-0.3, -0.25) is 9.59 Å². The van der Waals surface area contributed by atoms with Gasteiger partial charge in [-0.1, -0.05) is 18.7 Å². The second-order valence-corrected chi connectivity index (χ2v) is 9.10. The molecule has 2 amide bonds. The molecule has 0 bridgehead atoms. The van der Waals surface area contributed by atoms with Gasteiger partial charge in [0.1, 0.15) is 18.1 Å². The number of nitrogens with one attached hydrogen (secondary N) is 3. The van der Waals surface area contributed by atoms with Crippen LogP contribution in [0.3, 0.4) is 0 Å². The number of rotatable bonds is 14. The van der Waals surface area contributed by atoms with Gasteiger partial charge < -0.3 is 30.4 Å². The Bertz CT molecular complexity index is 773. The molecular formula is C26H42N4O4. The van der Waals surface area contributed by atoms with Crippen molar-refractivity contribution in [1.82, 2.24) is 20.9 Å². The minimum atomic E-state index is -0.273. The maximum absolute atomic E-state index is 12.8. The van der Waals surface area contributed by atoms with E-state index in [0.29, 0.717) is 25.6 Å². The highest BCUT2D eigenvalue weighted by molar-refractivity contribution is 5.84. The summed E-state index contributed by atoms with van der Waals surface area (Å²) < 4.78 is 6.52. The molecule has 1 saturated carbocycles. The number of carbonyl (C=O) groups excluding carboxylic acids is 3. The van der Waals surface area contributed by atoms with Gasteiger partial charge in [0, 0.05) is 20.1 Å². The fraction of sp³-hybridized carbons (Fsp3) is 0.654. The number of nitrogens with zero attached hydrogens (tertiary/aromatic N) is 1. The molecule has 0 spiro atoms. The lowest BCUT2D eigenvalue weighted by molar-refractivity contribution is -0.134. The molecule has 34 heavy (non-hydrogen) atoms. The summed E-state index contributed by atoms with van der Waals surface area (Å²) in [6.07, 6.45) is 11.1. The number of allylic oxidation sites excluding steroid dienone is 4. The van der Waals surface area contributed by atoms with Gasteiger partial charge in [0.05, 0.1) is 19.1 Å². The molecule has 0 aromatic carbocycles. The molecule has 0 aromatic heterocycles. The van der Waals surface area contributed by atoms with Crippen molar-refractivity contribution in [3.63, 3.8) is 0 Å². The van der Waals surface area contributed by atoms with Crippen molar-refractivity contribution in [2.45, 2.75) is 64.0 Å². The topological polar surface area (TPSA) is 99.8 Å². The van der Waals surface area contributed by atoms with E-state index in [1.165, 1.54) is 10.5 Å². The highest BCUT2D eigenvalue weighted by Crippen LogP contribution is 2.34. The summed E-state index contributed by atoms with van der Waals surface area (Å²) in [5.74, 6) is 1.17. The second-order valence-electron chi connectivity index (χ2n) is 9.10. The van der Waals surface area contributed by atoms with Gasteiger partial charge in [-0.25, -0.2) is 0 Å². The average molecular weight is 475 g/mol. The zero-order valence-corrected chi connectivity index (χ0v) is 21.0. The van der Waals surface area contributed by atoms with Crippen molar-refractivity contribution >= 4 is 18.1 Å². The summed E-state index contributed by atoms with van der Waals surface area (Å²) in [7, 11) is 3.42. The molecule has 1 saturated heterocycles. The van der Waals surface area contributed by atoms with Crippen molar-refractivity contribution < 1.29 is 19.1 Å². The summed E-state index contributed by atoms with van der Waals surface area (Å²) in [4.78, 5) is 36.8.